The first-order valence-electron chi connectivity index (χ1n) is 6.99. The predicted octanol–water partition coefficient (Wildman–Crippen LogP) is 0.667. The molecule has 0 atom stereocenters. The van der Waals surface area contributed by atoms with E-state index in [4.69, 9.17) is 0 Å². The van der Waals surface area contributed by atoms with Crippen LogP contribution in [0.5, 0.6) is 0 Å². The summed E-state index contributed by atoms with van der Waals surface area (Å²) >= 11 is 0. The Morgan fingerprint density at radius 2 is 2.05 bits per heavy atom. The molecule has 0 saturated heterocycles. The van der Waals surface area contributed by atoms with Crippen molar-refractivity contribution in [1.29, 1.82) is 0 Å². The van der Waals surface area contributed by atoms with Crippen molar-refractivity contribution >= 4 is 5.91 Å². The van der Waals surface area contributed by atoms with E-state index in [1.807, 2.05) is 44.2 Å². The Morgan fingerprint density at radius 1 is 1.29 bits per heavy atom. The number of hydrogen-bond donors (Lipinski definition) is 2. The van der Waals surface area contributed by atoms with Gasteiger partial charge < -0.3 is 10.6 Å². The number of para-hydroxylation sites is 1. The van der Waals surface area contributed by atoms with Crippen molar-refractivity contribution in [3.63, 3.8) is 0 Å². The molecule has 2 aromatic rings. The van der Waals surface area contributed by atoms with E-state index < -0.39 is 0 Å². The minimum Gasteiger partial charge on any atom is -0.354 e. The zero-order chi connectivity index (χ0) is 15.1. The van der Waals surface area contributed by atoms with Gasteiger partial charge in [0.2, 0.25) is 5.91 Å². The molecule has 0 fully saturated rings. The lowest BCUT2D eigenvalue weighted by molar-refractivity contribution is -0.121. The van der Waals surface area contributed by atoms with Crippen LogP contribution in [0, 0.1) is 0 Å². The highest BCUT2D eigenvalue weighted by Crippen LogP contribution is 2.06. The van der Waals surface area contributed by atoms with Gasteiger partial charge in [-0.25, -0.2) is 0 Å². The van der Waals surface area contributed by atoms with Gasteiger partial charge in [0.1, 0.15) is 0 Å². The van der Waals surface area contributed by atoms with Crippen molar-refractivity contribution in [2.45, 2.75) is 32.9 Å². The van der Waals surface area contributed by atoms with Gasteiger partial charge in [-0.05, 0) is 36.4 Å². The minimum atomic E-state index is 0.0418. The topological polar surface area (TPSA) is 84.7 Å². The molecule has 7 heteroatoms. The fraction of sp³-hybridized carbons (Fsp3) is 0.429. The Morgan fingerprint density at radius 3 is 2.76 bits per heavy atom. The molecule has 21 heavy (non-hydrogen) atoms. The van der Waals surface area contributed by atoms with Crippen LogP contribution in [0.1, 0.15) is 26.1 Å². The van der Waals surface area contributed by atoms with Gasteiger partial charge >= 0.3 is 0 Å². The number of nitrogens with one attached hydrogen (secondary N) is 2. The Labute approximate surface area is 123 Å². The fourth-order valence-electron chi connectivity index (χ4n) is 1.88. The lowest BCUT2D eigenvalue weighted by Crippen LogP contribution is -2.32. The van der Waals surface area contributed by atoms with Crippen LogP contribution >= 0.6 is 0 Å². The van der Waals surface area contributed by atoms with Gasteiger partial charge in [-0.3, -0.25) is 4.79 Å². The average molecular weight is 288 g/mol. The molecular formula is C14H20N6O. The van der Waals surface area contributed by atoms with Gasteiger partial charge in [-0.15, -0.1) is 5.10 Å². The second-order valence-electron chi connectivity index (χ2n) is 4.99. The first-order chi connectivity index (χ1) is 10.2. The fourth-order valence-corrected chi connectivity index (χ4v) is 1.88. The molecule has 112 valence electrons. The molecule has 0 aliphatic carbocycles. The highest BCUT2D eigenvalue weighted by Gasteiger charge is 2.08. The summed E-state index contributed by atoms with van der Waals surface area (Å²) in [4.78, 5) is 11.5. The number of tetrazole rings is 1. The van der Waals surface area contributed by atoms with E-state index in [9.17, 15) is 4.79 Å². The molecule has 0 radical (unpaired) electrons. The van der Waals surface area contributed by atoms with E-state index in [1.54, 1.807) is 4.68 Å². The molecule has 1 heterocycles. The molecule has 1 amide bonds. The molecule has 0 bridgehead atoms. The molecule has 0 unspecified atom stereocenters. The van der Waals surface area contributed by atoms with Crippen LogP contribution in [-0.4, -0.2) is 38.7 Å². The maximum atomic E-state index is 11.5. The van der Waals surface area contributed by atoms with E-state index in [-0.39, 0.29) is 11.9 Å². The van der Waals surface area contributed by atoms with Crippen molar-refractivity contribution in [2.75, 3.05) is 6.54 Å². The monoisotopic (exact) mass is 288 g/mol. The molecular weight excluding hydrogens is 268 g/mol. The first-order valence-corrected chi connectivity index (χ1v) is 6.99. The summed E-state index contributed by atoms with van der Waals surface area (Å²) in [5, 5.41) is 17.7. The Bertz CT molecular complexity index is 566. The summed E-state index contributed by atoms with van der Waals surface area (Å²) in [6.07, 6.45) is 0.436. The van der Waals surface area contributed by atoms with Crippen LogP contribution in [0.2, 0.25) is 0 Å². The maximum Gasteiger partial charge on any atom is 0.221 e. The number of hydrogen-bond acceptors (Lipinski definition) is 5. The summed E-state index contributed by atoms with van der Waals surface area (Å²) in [7, 11) is 0. The Kier molecular flexibility index (Phi) is 5.39. The molecule has 2 rings (SSSR count). The van der Waals surface area contributed by atoms with Crippen molar-refractivity contribution in [3.8, 4) is 5.69 Å². The molecule has 0 aliphatic rings. The van der Waals surface area contributed by atoms with Crippen LogP contribution < -0.4 is 10.6 Å². The number of nitrogens with zero attached hydrogens (tertiary/aromatic N) is 4. The van der Waals surface area contributed by atoms with E-state index >= 15 is 0 Å². The lowest BCUT2D eigenvalue weighted by atomic mass is 10.3. The summed E-state index contributed by atoms with van der Waals surface area (Å²) < 4.78 is 1.68. The predicted molar refractivity (Wildman–Crippen MR) is 78.8 cm³/mol. The van der Waals surface area contributed by atoms with Crippen LogP contribution in [0.3, 0.4) is 0 Å². The number of amides is 1. The lowest BCUT2D eigenvalue weighted by Gasteiger charge is -2.09. The van der Waals surface area contributed by atoms with Gasteiger partial charge in [0.25, 0.3) is 0 Å². The standard InChI is InChI=1S/C14H20N6O/c1-11(2)16-14(21)8-9-15-10-13-17-18-19-20(13)12-6-4-3-5-7-12/h3-7,11,15H,8-10H2,1-2H3,(H,16,21). The van der Waals surface area contributed by atoms with Crippen molar-refractivity contribution < 1.29 is 4.79 Å². The zero-order valence-corrected chi connectivity index (χ0v) is 12.3. The maximum absolute atomic E-state index is 11.5. The highest BCUT2D eigenvalue weighted by molar-refractivity contribution is 5.76. The average Bonchev–Trinajstić information content (AvgIpc) is 2.92. The third kappa shape index (κ3) is 4.64. The first kappa shape index (κ1) is 15.1. The Hall–Kier alpha value is -2.28. The van der Waals surface area contributed by atoms with Gasteiger partial charge in [0.05, 0.1) is 12.2 Å². The van der Waals surface area contributed by atoms with Crippen LogP contribution in [0.25, 0.3) is 5.69 Å². The van der Waals surface area contributed by atoms with E-state index in [0.717, 1.165) is 5.69 Å². The van der Waals surface area contributed by atoms with Crippen LogP contribution in [-0.2, 0) is 11.3 Å². The number of rotatable bonds is 7. The molecule has 0 saturated carbocycles. The highest BCUT2D eigenvalue weighted by atomic mass is 16.1. The molecule has 1 aromatic carbocycles. The molecule has 0 aliphatic heterocycles. The van der Waals surface area contributed by atoms with Crippen molar-refractivity contribution in [1.82, 2.24) is 30.8 Å². The minimum absolute atomic E-state index is 0.0418. The van der Waals surface area contributed by atoms with Gasteiger partial charge in [-0.2, -0.15) is 4.68 Å². The summed E-state index contributed by atoms with van der Waals surface area (Å²) in [6.45, 7) is 4.98. The van der Waals surface area contributed by atoms with Gasteiger partial charge in [0.15, 0.2) is 5.82 Å². The van der Waals surface area contributed by atoms with Crippen LogP contribution in [0.15, 0.2) is 30.3 Å². The molecule has 7 nitrogen and oxygen atoms in total. The van der Waals surface area contributed by atoms with Crippen molar-refractivity contribution in [2.24, 2.45) is 0 Å². The third-order valence-corrected chi connectivity index (χ3v) is 2.80. The summed E-state index contributed by atoms with van der Waals surface area (Å²) in [6, 6.07) is 9.86. The van der Waals surface area contributed by atoms with Gasteiger partial charge in [0, 0.05) is 19.0 Å². The zero-order valence-electron chi connectivity index (χ0n) is 12.3. The SMILES string of the molecule is CC(C)NC(=O)CCNCc1nnnn1-c1ccccc1. The summed E-state index contributed by atoms with van der Waals surface area (Å²) in [5.74, 6) is 0.755. The Balaban J connectivity index is 1.82. The largest absolute Gasteiger partial charge is 0.354 e. The van der Waals surface area contributed by atoms with Crippen LogP contribution in [0.4, 0.5) is 0 Å². The number of carbonyl (C=O) groups is 1. The molecule has 2 N–H and O–H groups in total. The van der Waals surface area contributed by atoms with E-state index in [2.05, 4.69) is 26.2 Å². The quantitative estimate of drug-likeness (QED) is 0.731. The smallest absolute Gasteiger partial charge is 0.221 e. The number of carbonyl (C=O) groups excluding carboxylic acids is 1. The molecule has 1 aromatic heterocycles. The second kappa shape index (κ2) is 7.49. The van der Waals surface area contributed by atoms with E-state index in [0.29, 0.717) is 25.3 Å². The van der Waals surface area contributed by atoms with E-state index in [1.165, 1.54) is 0 Å². The second-order valence-corrected chi connectivity index (χ2v) is 4.99. The van der Waals surface area contributed by atoms with Crippen molar-refractivity contribution in [3.05, 3.63) is 36.2 Å². The number of benzene rings is 1. The normalized spacial score (nSPS) is 10.8. The number of aromatic nitrogens is 4. The molecule has 0 spiro atoms. The summed E-state index contributed by atoms with van der Waals surface area (Å²) in [5.41, 5.74) is 0.914. The third-order valence-electron chi connectivity index (χ3n) is 2.80. The van der Waals surface area contributed by atoms with Gasteiger partial charge in [-0.1, -0.05) is 18.2 Å².